The van der Waals surface area contributed by atoms with Gasteiger partial charge < -0.3 is 14.2 Å². The summed E-state index contributed by atoms with van der Waals surface area (Å²) in [6.07, 6.45) is 0.0848. The molecule has 0 unspecified atom stereocenters. The van der Waals surface area contributed by atoms with Gasteiger partial charge in [0.2, 0.25) is 21.9 Å². The van der Waals surface area contributed by atoms with Crippen molar-refractivity contribution < 1.29 is 27.4 Å². The van der Waals surface area contributed by atoms with E-state index in [4.69, 9.17) is 14.2 Å². The van der Waals surface area contributed by atoms with Crippen LogP contribution in [-0.2, 0) is 34.8 Å². The number of rotatable bonds is 6. The fraction of sp³-hybridized carbons (Fsp3) is 0.192. The lowest BCUT2D eigenvalue weighted by Crippen LogP contribution is -2.55. The van der Waals surface area contributed by atoms with Crippen LogP contribution in [0, 0.1) is 0 Å². The monoisotopic (exact) mass is 477 g/mol. The van der Waals surface area contributed by atoms with E-state index < -0.39 is 33.9 Å². The summed E-state index contributed by atoms with van der Waals surface area (Å²) in [6.45, 7) is 0.0516. The Morgan fingerprint density at radius 2 is 1.50 bits per heavy atom. The highest BCUT2D eigenvalue weighted by Crippen LogP contribution is 2.52. The zero-order valence-electron chi connectivity index (χ0n) is 18.4. The second-order valence-corrected chi connectivity index (χ2v) is 9.80. The Morgan fingerprint density at radius 1 is 0.912 bits per heavy atom. The summed E-state index contributed by atoms with van der Waals surface area (Å²) < 4.78 is 47.5. The minimum Gasteiger partial charge on any atom is -0.497 e. The van der Waals surface area contributed by atoms with Crippen LogP contribution in [0.4, 0.5) is 0 Å². The molecule has 5 rings (SSSR count). The highest BCUT2D eigenvalue weighted by atomic mass is 32.2. The zero-order chi connectivity index (χ0) is 23.8. The maximum Gasteiger partial charge on any atom is 0.335 e. The molecule has 1 fully saturated rings. The highest BCUT2D eigenvalue weighted by molar-refractivity contribution is 7.89. The van der Waals surface area contributed by atoms with E-state index in [1.807, 2.05) is 36.4 Å². The van der Waals surface area contributed by atoms with Crippen molar-refractivity contribution in [3.63, 3.8) is 0 Å². The molecule has 7 nitrogen and oxygen atoms in total. The molecule has 3 atom stereocenters. The number of sulfonamides is 1. The molecule has 3 aromatic carbocycles. The van der Waals surface area contributed by atoms with Gasteiger partial charge in [-0.3, -0.25) is 0 Å². The van der Waals surface area contributed by atoms with Crippen LogP contribution in [0.3, 0.4) is 0 Å². The molecule has 0 aromatic heterocycles. The normalized spacial score (nSPS) is 25.1. The molecule has 8 heteroatoms. The maximum atomic E-state index is 14.3. The predicted molar refractivity (Wildman–Crippen MR) is 124 cm³/mol. The third kappa shape index (κ3) is 3.51. The van der Waals surface area contributed by atoms with Crippen molar-refractivity contribution in [2.45, 2.75) is 22.8 Å². The predicted octanol–water partition coefficient (Wildman–Crippen LogP) is 3.76. The second kappa shape index (κ2) is 8.72. The third-order valence-corrected chi connectivity index (χ3v) is 8.00. The van der Waals surface area contributed by atoms with Gasteiger partial charge in [0.1, 0.15) is 5.76 Å². The number of methoxy groups -OCH3 is 1. The number of esters is 1. The van der Waals surface area contributed by atoms with Crippen molar-refractivity contribution in [2.24, 2.45) is 0 Å². The molecule has 0 spiro atoms. The van der Waals surface area contributed by atoms with Gasteiger partial charge in [0, 0.05) is 5.56 Å². The van der Waals surface area contributed by atoms with Crippen molar-refractivity contribution in [2.75, 3.05) is 13.7 Å². The van der Waals surface area contributed by atoms with Gasteiger partial charge in [-0.1, -0.05) is 78.9 Å². The van der Waals surface area contributed by atoms with E-state index in [1.54, 1.807) is 54.6 Å². The zero-order valence-corrected chi connectivity index (χ0v) is 19.2. The SMILES string of the molecule is COC1=CC(=O)O[C@@H]1[C@@]1(c2ccccc2)OC[C@H](c2ccccc2)N1S(=O)(=O)c1ccccc1. The number of ether oxygens (including phenoxy) is 3. The van der Waals surface area contributed by atoms with E-state index in [0.717, 1.165) is 5.56 Å². The van der Waals surface area contributed by atoms with Gasteiger partial charge in [-0.15, -0.1) is 4.31 Å². The van der Waals surface area contributed by atoms with Crippen molar-refractivity contribution in [1.82, 2.24) is 4.31 Å². The van der Waals surface area contributed by atoms with Gasteiger partial charge in [-0.05, 0) is 17.7 Å². The van der Waals surface area contributed by atoms with Crippen LogP contribution in [0.5, 0.6) is 0 Å². The Morgan fingerprint density at radius 3 is 2.12 bits per heavy atom. The first-order chi connectivity index (χ1) is 16.5. The average molecular weight is 478 g/mol. The van der Waals surface area contributed by atoms with Gasteiger partial charge in [0.25, 0.3) is 0 Å². The van der Waals surface area contributed by atoms with Gasteiger partial charge in [-0.2, -0.15) is 0 Å². The number of cyclic esters (lactones) is 1. The van der Waals surface area contributed by atoms with Crippen LogP contribution in [0.25, 0.3) is 0 Å². The Labute approximate surface area is 198 Å². The Hall–Kier alpha value is -3.46. The van der Waals surface area contributed by atoms with Crippen LogP contribution in [0.15, 0.2) is 108 Å². The molecule has 2 aliphatic rings. The summed E-state index contributed by atoms with van der Waals surface area (Å²) >= 11 is 0. The van der Waals surface area contributed by atoms with E-state index in [9.17, 15) is 13.2 Å². The third-order valence-electron chi connectivity index (χ3n) is 6.09. The molecule has 2 aliphatic heterocycles. The standard InChI is InChI=1S/C26H23NO6S/c1-31-23-17-24(28)33-25(23)26(20-13-7-3-8-14-20)27(34(29,30)21-15-9-4-10-16-21)22(18-32-26)19-11-5-2-6-12-19/h2-17,22,25H,18H2,1H3/t22-,25+,26-/m1/s1. The van der Waals surface area contributed by atoms with E-state index in [0.29, 0.717) is 5.56 Å². The molecule has 34 heavy (non-hydrogen) atoms. The maximum absolute atomic E-state index is 14.3. The van der Waals surface area contributed by atoms with Crippen LogP contribution in [-0.4, -0.2) is 38.5 Å². The first kappa shape index (κ1) is 22.3. The fourth-order valence-corrected chi connectivity index (χ4v) is 6.45. The molecular formula is C26H23NO6S. The van der Waals surface area contributed by atoms with E-state index in [1.165, 1.54) is 17.5 Å². The lowest BCUT2D eigenvalue weighted by Gasteiger charge is -2.41. The fourth-order valence-electron chi connectivity index (χ4n) is 4.60. The van der Waals surface area contributed by atoms with E-state index >= 15 is 0 Å². The van der Waals surface area contributed by atoms with Gasteiger partial charge in [0.15, 0.2) is 0 Å². The molecule has 0 amide bonds. The number of benzene rings is 3. The Bertz CT molecular complexity index is 1310. The number of nitrogens with zero attached hydrogens (tertiary/aromatic N) is 1. The molecule has 1 saturated heterocycles. The molecule has 2 heterocycles. The van der Waals surface area contributed by atoms with Crippen LogP contribution >= 0.6 is 0 Å². The smallest absolute Gasteiger partial charge is 0.335 e. The highest BCUT2D eigenvalue weighted by Gasteiger charge is 2.63. The van der Waals surface area contributed by atoms with E-state index in [-0.39, 0.29) is 17.3 Å². The average Bonchev–Trinajstić information content (AvgIpc) is 3.47. The summed E-state index contributed by atoms with van der Waals surface area (Å²) in [5.41, 5.74) is -0.410. The number of hydrogen-bond acceptors (Lipinski definition) is 6. The summed E-state index contributed by atoms with van der Waals surface area (Å²) in [6, 6.07) is 25.7. The quantitative estimate of drug-likeness (QED) is 0.503. The first-order valence-corrected chi connectivity index (χ1v) is 12.2. The van der Waals surface area contributed by atoms with Crippen LogP contribution < -0.4 is 0 Å². The minimum atomic E-state index is -4.14. The molecule has 0 radical (unpaired) electrons. The van der Waals surface area contributed by atoms with Crippen LogP contribution in [0.2, 0.25) is 0 Å². The topological polar surface area (TPSA) is 82.1 Å². The van der Waals surface area contributed by atoms with Gasteiger partial charge in [-0.25, -0.2) is 13.2 Å². The largest absolute Gasteiger partial charge is 0.497 e. The molecule has 0 aliphatic carbocycles. The van der Waals surface area contributed by atoms with Crippen molar-refractivity contribution in [1.29, 1.82) is 0 Å². The minimum absolute atomic E-state index is 0.0516. The lowest BCUT2D eigenvalue weighted by atomic mass is 9.95. The number of hydrogen-bond donors (Lipinski definition) is 0. The van der Waals surface area contributed by atoms with Gasteiger partial charge >= 0.3 is 5.97 Å². The summed E-state index contributed by atoms with van der Waals surface area (Å²) in [7, 11) is -2.73. The second-order valence-electron chi connectivity index (χ2n) is 7.98. The molecule has 0 bridgehead atoms. The summed E-state index contributed by atoms with van der Waals surface area (Å²) in [5.74, 6) is -0.434. The van der Waals surface area contributed by atoms with Gasteiger partial charge in [0.05, 0.1) is 30.7 Å². The lowest BCUT2D eigenvalue weighted by molar-refractivity contribution is -0.171. The Balaban J connectivity index is 1.79. The number of carbonyl (C=O) groups is 1. The molecular weight excluding hydrogens is 454 g/mol. The summed E-state index contributed by atoms with van der Waals surface area (Å²) in [5, 5.41) is 0. The van der Waals surface area contributed by atoms with E-state index in [2.05, 4.69) is 0 Å². The van der Waals surface area contributed by atoms with Crippen molar-refractivity contribution >= 4 is 16.0 Å². The Kier molecular flexibility index (Phi) is 5.73. The molecule has 3 aromatic rings. The number of carbonyl (C=O) groups excluding carboxylic acids is 1. The van der Waals surface area contributed by atoms with Crippen LogP contribution in [0.1, 0.15) is 17.2 Å². The van der Waals surface area contributed by atoms with Crippen molar-refractivity contribution in [3.8, 4) is 0 Å². The molecule has 174 valence electrons. The van der Waals surface area contributed by atoms with Crippen molar-refractivity contribution in [3.05, 3.63) is 114 Å². The first-order valence-electron chi connectivity index (χ1n) is 10.8. The molecule has 0 saturated carbocycles. The summed E-state index contributed by atoms with van der Waals surface area (Å²) in [4.78, 5) is 12.4. The molecule has 0 N–H and O–H groups in total.